The number of thiophene rings is 1. The maximum Gasteiger partial charge on any atom is 0.269 e. The molecule has 1 aliphatic heterocycles. The second-order valence-corrected chi connectivity index (χ2v) is 9.12. The van der Waals surface area contributed by atoms with Crippen molar-refractivity contribution in [2.24, 2.45) is 0 Å². The van der Waals surface area contributed by atoms with Crippen LogP contribution < -0.4 is 5.32 Å². The van der Waals surface area contributed by atoms with Gasteiger partial charge in [-0.15, -0.1) is 22.7 Å². The highest BCUT2D eigenvalue weighted by Crippen LogP contribution is 2.41. The lowest BCUT2D eigenvalue weighted by Gasteiger charge is -2.25. The van der Waals surface area contributed by atoms with Gasteiger partial charge in [0.2, 0.25) is 0 Å². The maximum absolute atomic E-state index is 12.7. The highest BCUT2D eigenvalue weighted by molar-refractivity contribution is 7.22. The van der Waals surface area contributed by atoms with Crippen LogP contribution in [0.3, 0.4) is 0 Å². The fraction of sp³-hybridized carbons (Fsp3) is 0.294. The Hall–Kier alpha value is -0.930. The van der Waals surface area contributed by atoms with Gasteiger partial charge < -0.3 is 4.74 Å². The minimum absolute atomic E-state index is 0.305. The van der Waals surface area contributed by atoms with Crippen LogP contribution >= 0.6 is 57.5 Å². The number of amides is 1. The van der Waals surface area contributed by atoms with Crippen LogP contribution in [0.5, 0.6) is 0 Å². The van der Waals surface area contributed by atoms with Crippen molar-refractivity contribution >= 4 is 78.6 Å². The lowest BCUT2D eigenvalue weighted by molar-refractivity contribution is 0.0337. The summed E-state index contributed by atoms with van der Waals surface area (Å²) in [7, 11) is 0. The van der Waals surface area contributed by atoms with Crippen molar-refractivity contribution in [1.82, 2.24) is 9.88 Å². The Morgan fingerprint density at radius 2 is 2.04 bits per heavy atom. The molecule has 1 amide bonds. The zero-order valence-electron chi connectivity index (χ0n) is 13.9. The van der Waals surface area contributed by atoms with Crippen molar-refractivity contribution < 1.29 is 9.53 Å². The number of nitrogens with zero attached hydrogens (tertiary/aromatic N) is 2. The lowest BCUT2D eigenvalue weighted by Crippen LogP contribution is -2.35. The molecule has 2 aromatic heterocycles. The van der Waals surface area contributed by atoms with E-state index < -0.39 is 0 Å². The first-order valence-electron chi connectivity index (χ1n) is 8.14. The number of hydrogen-bond donors (Lipinski definition) is 1. The molecule has 142 valence electrons. The lowest BCUT2D eigenvalue weighted by atomic mass is 10.2. The number of rotatable bonds is 4. The van der Waals surface area contributed by atoms with Gasteiger partial charge in [0.25, 0.3) is 5.91 Å². The number of carbonyl (C=O) groups is 1. The molecule has 5 nitrogen and oxygen atoms in total. The van der Waals surface area contributed by atoms with Crippen LogP contribution in [0.25, 0.3) is 10.1 Å². The Labute approximate surface area is 178 Å². The van der Waals surface area contributed by atoms with Gasteiger partial charge in [-0.1, -0.05) is 34.8 Å². The van der Waals surface area contributed by atoms with Gasteiger partial charge in [0.05, 0.1) is 29.0 Å². The van der Waals surface area contributed by atoms with Gasteiger partial charge >= 0.3 is 0 Å². The van der Waals surface area contributed by atoms with E-state index in [0.717, 1.165) is 43.2 Å². The molecular weight excluding hydrogens is 449 g/mol. The summed E-state index contributed by atoms with van der Waals surface area (Å²) in [6.07, 6.45) is 0. The molecule has 1 fully saturated rings. The second-order valence-electron chi connectivity index (χ2n) is 5.99. The Morgan fingerprint density at radius 1 is 1.26 bits per heavy atom. The van der Waals surface area contributed by atoms with Gasteiger partial charge in [0.15, 0.2) is 5.13 Å². The quantitative estimate of drug-likeness (QED) is 0.564. The Balaban J connectivity index is 1.50. The van der Waals surface area contributed by atoms with Crippen molar-refractivity contribution in [3.63, 3.8) is 0 Å². The maximum atomic E-state index is 12.7. The molecule has 0 atom stereocenters. The van der Waals surface area contributed by atoms with E-state index in [9.17, 15) is 4.79 Å². The van der Waals surface area contributed by atoms with E-state index in [2.05, 4.69) is 15.2 Å². The first-order chi connectivity index (χ1) is 13.0. The van der Waals surface area contributed by atoms with Crippen molar-refractivity contribution in [1.29, 1.82) is 0 Å². The summed E-state index contributed by atoms with van der Waals surface area (Å²) in [5, 5.41) is 7.23. The highest BCUT2D eigenvalue weighted by atomic mass is 35.5. The summed E-state index contributed by atoms with van der Waals surface area (Å²) in [5.41, 5.74) is 0.925. The van der Waals surface area contributed by atoms with E-state index in [1.807, 2.05) is 5.38 Å². The number of nitrogens with one attached hydrogen (secondary N) is 1. The molecule has 0 bridgehead atoms. The fourth-order valence-electron chi connectivity index (χ4n) is 2.84. The van der Waals surface area contributed by atoms with Crippen LogP contribution in [0.15, 0.2) is 17.5 Å². The molecule has 0 unspecified atom stereocenters. The SMILES string of the molecule is O=C(Nc1nc(CN2CCOCC2)cs1)c1sc2cc(Cl)cc(Cl)c2c1Cl. The van der Waals surface area contributed by atoms with Crippen LogP contribution in [0.1, 0.15) is 15.4 Å². The normalized spacial score (nSPS) is 15.4. The Morgan fingerprint density at radius 3 is 2.81 bits per heavy atom. The fourth-order valence-corrected chi connectivity index (χ4v) is 5.81. The Bertz CT molecular complexity index is 999. The van der Waals surface area contributed by atoms with E-state index in [-0.39, 0.29) is 5.91 Å². The predicted octanol–water partition coefficient (Wildman–Crippen LogP) is 5.40. The average molecular weight is 463 g/mol. The molecule has 0 aliphatic carbocycles. The number of ether oxygens (including phenoxy) is 1. The number of aromatic nitrogens is 1. The van der Waals surface area contributed by atoms with E-state index >= 15 is 0 Å². The molecule has 1 N–H and O–H groups in total. The molecule has 1 aliphatic rings. The molecule has 1 saturated heterocycles. The number of carbonyl (C=O) groups excluding carboxylic acids is 1. The smallest absolute Gasteiger partial charge is 0.269 e. The Kier molecular flexibility index (Phi) is 5.89. The van der Waals surface area contributed by atoms with Crippen molar-refractivity contribution in [2.45, 2.75) is 6.54 Å². The topological polar surface area (TPSA) is 54.5 Å². The third-order valence-electron chi connectivity index (χ3n) is 4.12. The number of halogens is 3. The number of fused-ring (bicyclic) bond motifs is 1. The number of anilines is 1. The van der Waals surface area contributed by atoms with E-state index in [4.69, 9.17) is 39.5 Å². The zero-order chi connectivity index (χ0) is 19.0. The summed E-state index contributed by atoms with van der Waals surface area (Å²) in [5.74, 6) is -0.305. The van der Waals surface area contributed by atoms with Crippen LogP contribution in [0, 0.1) is 0 Å². The van der Waals surface area contributed by atoms with Gasteiger partial charge in [-0.3, -0.25) is 15.0 Å². The molecule has 27 heavy (non-hydrogen) atoms. The summed E-state index contributed by atoms with van der Waals surface area (Å²) in [4.78, 5) is 19.8. The molecule has 4 rings (SSSR count). The standard InChI is InChI=1S/C17H14Cl3N3O2S2/c18-9-5-11(19)13-12(6-9)27-15(14(13)20)16(24)22-17-21-10(8-26-17)7-23-1-3-25-4-2-23/h5-6,8H,1-4,7H2,(H,21,22,24). The summed E-state index contributed by atoms with van der Waals surface area (Å²) in [6.45, 7) is 4.00. The zero-order valence-corrected chi connectivity index (χ0v) is 17.8. The van der Waals surface area contributed by atoms with Gasteiger partial charge in [-0.05, 0) is 12.1 Å². The largest absolute Gasteiger partial charge is 0.379 e. The van der Waals surface area contributed by atoms with E-state index in [1.165, 1.54) is 22.7 Å². The van der Waals surface area contributed by atoms with Gasteiger partial charge in [0.1, 0.15) is 4.88 Å². The molecular formula is C17H14Cl3N3O2S2. The van der Waals surface area contributed by atoms with Crippen molar-refractivity contribution in [3.8, 4) is 0 Å². The first kappa shape index (κ1) is 19.4. The molecule has 0 spiro atoms. The van der Waals surface area contributed by atoms with E-state index in [0.29, 0.717) is 30.5 Å². The van der Waals surface area contributed by atoms with Crippen LogP contribution in [-0.2, 0) is 11.3 Å². The number of hydrogen-bond acceptors (Lipinski definition) is 6. The van der Waals surface area contributed by atoms with Crippen LogP contribution in [0.4, 0.5) is 5.13 Å². The first-order valence-corrected chi connectivity index (χ1v) is 11.0. The van der Waals surface area contributed by atoms with Crippen LogP contribution in [0.2, 0.25) is 15.1 Å². The second kappa shape index (κ2) is 8.21. The van der Waals surface area contributed by atoms with Gasteiger partial charge in [-0.2, -0.15) is 0 Å². The number of morpholine rings is 1. The monoisotopic (exact) mass is 461 g/mol. The van der Waals surface area contributed by atoms with E-state index in [1.54, 1.807) is 12.1 Å². The predicted molar refractivity (Wildman–Crippen MR) is 113 cm³/mol. The summed E-state index contributed by atoms with van der Waals surface area (Å²) < 4.78 is 6.12. The minimum Gasteiger partial charge on any atom is -0.379 e. The summed E-state index contributed by atoms with van der Waals surface area (Å²) >= 11 is 21.3. The molecule has 3 aromatic rings. The summed E-state index contributed by atoms with van der Waals surface area (Å²) in [6, 6.07) is 3.37. The highest BCUT2D eigenvalue weighted by Gasteiger charge is 2.21. The van der Waals surface area contributed by atoms with Crippen LogP contribution in [-0.4, -0.2) is 42.1 Å². The molecule has 3 heterocycles. The number of thiazole rings is 1. The van der Waals surface area contributed by atoms with Crippen molar-refractivity contribution in [3.05, 3.63) is 43.2 Å². The molecule has 1 aromatic carbocycles. The molecule has 0 saturated carbocycles. The third kappa shape index (κ3) is 4.24. The molecule has 10 heteroatoms. The minimum atomic E-state index is -0.305. The average Bonchev–Trinajstić information content (AvgIpc) is 3.20. The van der Waals surface area contributed by atoms with Gasteiger partial charge in [0, 0.05) is 40.1 Å². The number of benzene rings is 1. The molecule has 0 radical (unpaired) electrons. The van der Waals surface area contributed by atoms with Gasteiger partial charge in [-0.25, -0.2) is 4.98 Å². The third-order valence-corrected chi connectivity index (χ3v) is 7.07. The van der Waals surface area contributed by atoms with Crippen molar-refractivity contribution in [2.75, 3.05) is 31.6 Å².